The number of ether oxygens (including phenoxy) is 1. The Morgan fingerprint density at radius 1 is 1.18 bits per heavy atom. The first kappa shape index (κ1) is 12.9. The molecule has 0 aliphatic carbocycles. The summed E-state index contributed by atoms with van der Waals surface area (Å²) in [5, 5.41) is 0.830. The zero-order valence-electron chi connectivity index (χ0n) is 12.0. The number of hydrogen-bond acceptors (Lipinski definition) is 6. The molecule has 0 amide bonds. The van der Waals surface area contributed by atoms with E-state index in [1.807, 2.05) is 30.0 Å². The van der Waals surface area contributed by atoms with E-state index >= 15 is 0 Å². The Bertz CT molecular complexity index is 881. The van der Waals surface area contributed by atoms with Gasteiger partial charge in [0, 0.05) is 31.2 Å². The average Bonchev–Trinajstić information content (AvgIpc) is 3.18. The number of nitrogens with two attached hydrogens (primary N) is 1. The molecule has 7 heteroatoms. The Labute approximate surface area is 126 Å². The molecule has 0 saturated carbocycles. The molecule has 0 fully saturated rings. The summed E-state index contributed by atoms with van der Waals surface area (Å²) >= 11 is 0. The zero-order chi connectivity index (χ0) is 15.1. The molecule has 0 atom stereocenters. The summed E-state index contributed by atoms with van der Waals surface area (Å²) < 4.78 is 7.20. The summed E-state index contributed by atoms with van der Waals surface area (Å²) in [6.45, 7) is 1.24. The predicted molar refractivity (Wildman–Crippen MR) is 82.7 cm³/mol. The maximum atomic E-state index is 5.99. The highest BCUT2D eigenvalue weighted by Crippen LogP contribution is 2.23. The number of fused-ring (bicyclic) bond motifs is 1. The number of aromatic nitrogens is 5. The van der Waals surface area contributed by atoms with Gasteiger partial charge in [-0.25, -0.2) is 19.9 Å². The number of hydrogen-bond donors (Lipinski definition) is 1. The molecule has 3 aromatic rings. The molecule has 3 aromatic heterocycles. The van der Waals surface area contributed by atoms with Crippen molar-refractivity contribution in [1.29, 1.82) is 0 Å². The predicted octanol–water partition coefficient (Wildman–Crippen LogP) is 1.42. The Morgan fingerprint density at radius 3 is 2.73 bits per heavy atom. The van der Waals surface area contributed by atoms with Crippen molar-refractivity contribution in [3.8, 4) is 11.6 Å². The number of aryl methyl sites for hydroxylation is 1. The molecule has 0 radical (unpaired) electrons. The van der Waals surface area contributed by atoms with Gasteiger partial charge in [0.1, 0.15) is 11.5 Å². The van der Waals surface area contributed by atoms with E-state index in [4.69, 9.17) is 10.5 Å². The lowest BCUT2D eigenvalue weighted by Gasteiger charge is -2.04. The third-order valence-corrected chi connectivity index (χ3v) is 3.68. The summed E-state index contributed by atoms with van der Waals surface area (Å²) in [6, 6.07) is 1.89. The lowest BCUT2D eigenvalue weighted by atomic mass is 10.1. The fraction of sp³-hybridized carbons (Fsp3) is 0.200. The van der Waals surface area contributed by atoms with Gasteiger partial charge in [-0.15, -0.1) is 0 Å². The van der Waals surface area contributed by atoms with Gasteiger partial charge < -0.3 is 15.0 Å². The van der Waals surface area contributed by atoms with Gasteiger partial charge in [0.2, 0.25) is 5.82 Å². The Balaban J connectivity index is 1.76. The minimum atomic E-state index is 0.426. The van der Waals surface area contributed by atoms with Gasteiger partial charge in [-0.2, -0.15) is 0 Å². The molecule has 0 saturated heterocycles. The van der Waals surface area contributed by atoms with Gasteiger partial charge in [-0.3, -0.25) is 0 Å². The maximum Gasteiger partial charge on any atom is 0.201 e. The van der Waals surface area contributed by atoms with E-state index in [1.54, 1.807) is 12.4 Å². The molecule has 0 aromatic carbocycles. The van der Waals surface area contributed by atoms with Gasteiger partial charge in [-0.05, 0) is 11.6 Å². The van der Waals surface area contributed by atoms with E-state index in [0.717, 1.165) is 22.2 Å². The second-order valence-corrected chi connectivity index (χ2v) is 5.14. The van der Waals surface area contributed by atoms with Gasteiger partial charge in [-0.1, -0.05) is 6.08 Å². The van der Waals surface area contributed by atoms with Crippen molar-refractivity contribution in [2.24, 2.45) is 7.05 Å². The zero-order valence-corrected chi connectivity index (χ0v) is 12.0. The Morgan fingerprint density at radius 2 is 2.00 bits per heavy atom. The van der Waals surface area contributed by atoms with Crippen LogP contribution < -0.4 is 5.73 Å². The van der Waals surface area contributed by atoms with Crippen molar-refractivity contribution in [2.45, 2.75) is 0 Å². The standard InChI is InChI=1S/C15H14N6O/c1-21-4-2-11-12(16)19-14(20-15(11)21)13-17-6-10(7-18-13)9-3-5-22-8-9/h2-4,6-7H,5,8H2,1H3,(H2,16,19,20). The van der Waals surface area contributed by atoms with Gasteiger partial charge in [0.25, 0.3) is 0 Å². The fourth-order valence-corrected chi connectivity index (χ4v) is 2.46. The normalized spacial score (nSPS) is 14.5. The number of rotatable bonds is 2. The Hall–Kier alpha value is -2.80. The van der Waals surface area contributed by atoms with Crippen LogP contribution in [0.1, 0.15) is 5.56 Å². The van der Waals surface area contributed by atoms with Gasteiger partial charge in [0.05, 0.1) is 18.6 Å². The lowest BCUT2D eigenvalue weighted by molar-refractivity contribution is 0.216. The summed E-state index contributed by atoms with van der Waals surface area (Å²) in [6.07, 6.45) is 7.45. The summed E-state index contributed by atoms with van der Waals surface area (Å²) in [5.41, 5.74) is 8.81. The molecule has 4 rings (SSSR count). The van der Waals surface area contributed by atoms with Crippen LogP contribution in [0.25, 0.3) is 28.3 Å². The van der Waals surface area contributed by atoms with Crippen LogP contribution in [-0.4, -0.2) is 37.7 Å². The van der Waals surface area contributed by atoms with Crippen LogP contribution in [0.4, 0.5) is 5.82 Å². The molecule has 1 aliphatic rings. The smallest absolute Gasteiger partial charge is 0.201 e. The van der Waals surface area contributed by atoms with E-state index in [2.05, 4.69) is 19.9 Å². The maximum absolute atomic E-state index is 5.99. The van der Waals surface area contributed by atoms with Crippen LogP contribution in [0.15, 0.2) is 30.7 Å². The molecule has 22 heavy (non-hydrogen) atoms. The summed E-state index contributed by atoms with van der Waals surface area (Å²) in [4.78, 5) is 17.5. The molecule has 0 bridgehead atoms. The third kappa shape index (κ3) is 2.03. The quantitative estimate of drug-likeness (QED) is 0.768. The molecule has 0 spiro atoms. The minimum Gasteiger partial charge on any atom is -0.383 e. The first-order valence-electron chi connectivity index (χ1n) is 6.90. The molecule has 7 nitrogen and oxygen atoms in total. The van der Waals surface area contributed by atoms with Crippen LogP contribution in [0.5, 0.6) is 0 Å². The second-order valence-electron chi connectivity index (χ2n) is 5.14. The first-order valence-corrected chi connectivity index (χ1v) is 6.90. The monoisotopic (exact) mass is 294 g/mol. The first-order chi connectivity index (χ1) is 10.7. The molecular weight excluding hydrogens is 280 g/mol. The van der Waals surface area contributed by atoms with Crippen LogP contribution in [0.2, 0.25) is 0 Å². The van der Waals surface area contributed by atoms with E-state index < -0.39 is 0 Å². The molecule has 110 valence electrons. The van der Waals surface area contributed by atoms with Crippen LogP contribution in [-0.2, 0) is 11.8 Å². The second kappa shape index (κ2) is 4.88. The van der Waals surface area contributed by atoms with Crippen LogP contribution in [0.3, 0.4) is 0 Å². The fourth-order valence-electron chi connectivity index (χ4n) is 2.46. The van der Waals surface area contributed by atoms with E-state index in [1.165, 1.54) is 0 Å². The number of nitrogens with zero attached hydrogens (tertiary/aromatic N) is 5. The van der Waals surface area contributed by atoms with E-state index in [9.17, 15) is 0 Å². The van der Waals surface area contributed by atoms with Crippen molar-refractivity contribution >= 4 is 22.4 Å². The molecule has 1 aliphatic heterocycles. The van der Waals surface area contributed by atoms with E-state index in [0.29, 0.717) is 30.7 Å². The van der Waals surface area contributed by atoms with Gasteiger partial charge >= 0.3 is 0 Å². The van der Waals surface area contributed by atoms with Crippen LogP contribution >= 0.6 is 0 Å². The lowest BCUT2D eigenvalue weighted by Crippen LogP contribution is -2.02. The van der Waals surface area contributed by atoms with Crippen LogP contribution in [0, 0.1) is 0 Å². The van der Waals surface area contributed by atoms with Crippen molar-refractivity contribution in [3.63, 3.8) is 0 Å². The molecule has 0 unspecified atom stereocenters. The topological polar surface area (TPSA) is 91.7 Å². The number of anilines is 1. The summed E-state index contributed by atoms with van der Waals surface area (Å²) in [7, 11) is 1.91. The highest BCUT2D eigenvalue weighted by Gasteiger charge is 2.13. The summed E-state index contributed by atoms with van der Waals surface area (Å²) in [5.74, 6) is 1.31. The molecule has 2 N–H and O–H groups in total. The van der Waals surface area contributed by atoms with Crippen molar-refractivity contribution in [2.75, 3.05) is 18.9 Å². The largest absolute Gasteiger partial charge is 0.383 e. The highest BCUT2D eigenvalue weighted by molar-refractivity contribution is 5.87. The highest BCUT2D eigenvalue weighted by atomic mass is 16.5. The van der Waals surface area contributed by atoms with E-state index in [-0.39, 0.29) is 0 Å². The third-order valence-electron chi connectivity index (χ3n) is 3.68. The average molecular weight is 294 g/mol. The Kier molecular flexibility index (Phi) is 2.87. The molecule has 4 heterocycles. The SMILES string of the molecule is Cn1ccc2c(N)nc(-c3ncc(C4=CCOC4)cn3)nc21. The minimum absolute atomic E-state index is 0.426. The van der Waals surface area contributed by atoms with Crippen molar-refractivity contribution in [1.82, 2.24) is 24.5 Å². The number of nitrogen functional groups attached to an aromatic ring is 1. The van der Waals surface area contributed by atoms with Crippen molar-refractivity contribution < 1.29 is 4.74 Å². The van der Waals surface area contributed by atoms with Gasteiger partial charge in [0.15, 0.2) is 5.82 Å². The van der Waals surface area contributed by atoms with Crippen molar-refractivity contribution in [3.05, 3.63) is 36.3 Å². The molecular formula is C15H14N6O.